The van der Waals surface area contributed by atoms with E-state index < -0.39 is 17.8 Å². The molecule has 0 aliphatic carbocycles. The first kappa shape index (κ1) is 14.9. The van der Waals surface area contributed by atoms with E-state index in [1.54, 1.807) is 0 Å². The Morgan fingerprint density at radius 2 is 2.15 bits per heavy atom. The van der Waals surface area contributed by atoms with Crippen molar-refractivity contribution in [3.8, 4) is 0 Å². The van der Waals surface area contributed by atoms with Crippen molar-refractivity contribution < 1.29 is 13.2 Å². The molecular weight excluding hydrogens is 289 g/mol. The van der Waals surface area contributed by atoms with Crippen LogP contribution >= 0.6 is 11.7 Å². The first-order valence-corrected chi connectivity index (χ1v) is 6.79. The minimum Gasteiger partial charge on any atom is -0.305 e. The zero-order chi connectivity index (χ0) is 14.6. The van der Waals surface area contributed by atoms with Crippen molar-refractivity contribution in [3.63, 3.8) is 0 Å². The Hall–Kier alpha value is -1.54. The Morgan fingerprint density at radius 1 is 1.35 bits per heavy atom. The van der Waals surface area contributed by atoms with Crippen molar-refractivity contribution in [2.24, 2.45) is 0 Å². The van der Waals surface area contributed by atoms with Gasteiger partial charge in [0.05, 0.1) is 35.2 Å². The molecule has 0 amide bonds. The molecule has 2 aromatic heterocycles. The molecule has 0 radical (unpaired) electrons. The number of aromatic nitrogens is 3. The Bertz CT molecular complexity index is 542. The third kappa shape index (κ3) is 3.31. The van der Waals surface area contributed by atoms with Crippen LogP contribution in [-0.4, -0.2) is 20.3 Å². The number of alkyl halides is 3. The quantitative estimate of drug-likeness (QED) is 0.922. The van der Waals surface area contributed by atoms with E-state index in [0.29, 0.717) is 12.2 Å². The van der Waals surface area contributed by atoms with E-state index >= 15 is 0 Å². The van der Waals surface area contributed by atoms with Crippen LogP contribution in [0.4, 0.5) is 13.2 Å². The first-order valence-electron chi connectivity index (χ1n) is 6.06. The van der Waals surface area contributed by atoms with Crippen molar-refractivity contribution in [1.82, 2.24) is 19.0 Å². The third-order valence-electron chi connectivity index (χ3n) is 2.74. The fourth-order valence-corrected chi connectivity index (χ4v) is 2.31. The third-order valence-corrected chi connectivity index (χ3v) is 3.23. The van der Waals surface area contributed by atoms with E-state index in [0.717, 1.165) is 30.4 Å². The van der Waals surface area contributed by atoms with Crippen LogP contribution in [0.1, 0.15) is 36.2 Å². The van der Waals surface area contributed by atoms with Crippen LogP contribution in [-0.2, 0) is 6.18 Å². The summed E-state index contributed by atoms with van der Waals surface area (Å²) in [5.41, 5.74) is -0.155. The molecule has 0 spiro atoms. The normalized spacial score (nSPS) is 13.4. The summed E-state index contributed by atoms with van der Waals surface area (Å²) < 4.78 is 47.2. The molecule has 0 bridgehead atoms. The van der Waals surface area contributed by atoms with Crippen LogP contribution in [0.15, 0.2) is 24.7 Å². The minimum atomic E-state index is -4.42. The molecule has 2 aromatic rings. The van der Waals surface area contributed by atoms with Gasteiger partial charge in [-0.3, -0.25) is 4.98 Å². The van der Waals surface area contributed by atoms with Crippen molar-refractivity contribution in [3.05, 3.63) is 41.5 Å². The highest BCUT2D eigenvalue weighted by Crippen LogP contribution is 2.35. The van der Waals surface area contributed by atoms with Crippen LogP contribution in [0, 0.1) is 0 Å². The second-order valence-corrected chi connectivity index (χ2v) is 4.74. The highest BCUT2D eigenvalue weighted by Gasteiger charge is 2.36. The molecule has 108 valence electrons. The van der Waals surface area contributed by atoms with Crippen LogP contribution in [0.3, 0.4) is 0 Å². The summed E-state index contributed by atoms with van der Waals surface area (Å²) in [6.45, 7) is 2.52. The number of hydrogen-bond donors (Lipinski definition) is 1. The van der Waals surface area contributed by atoms with Gasteiger partial charge in [0.15, 0.2) is 0 Å². The van der Waals surface area contributed by atoms with Crippen LogP contribution < -0.4 is 5.32 Å². The minimum absolute atomic E-state index is 0.0705. The van der Waals surface area contributed by atoms with Gasteiger partial charge < -0.3 is 5.32 Å². The van der Waals surface area contributed by atoms with Crippen molar-refractivity contribution in [2.75, 3.05) is 6.54 Å². The SMILES string of the molecule is CCCNC(c1cnsn1)c1cnccc1C(F)(F)F. The average Bonchev–Trinajstić information content (AvgIpc) is 2.92. The second kappa shape index (κ2) is 6.27. The van der Waals surface area contributed by atoms with Crippen molar-refractivity contribution >= 4 is 11.7 Å². The molecule has 2 rings (SSSR count). The van der Waals surface area contributed by atoms with E-state index in [1.165, 1.54) is 12.4 Å². The molecule has 1 atom stereocenters. The lowest BCUT2D eigenvalue weighted by Gasteiger charge is -2.20. The fourth-order valence-electron chi connectivity index (χ4n) is 1.86. The lowest BCUT2D eigenvalue weighted by atomic mass is 10.00. The maximum absolute atomic E-state index is 13.1. The van der Waals surface area contributed by atoms with E-state index in [-0.39, 0.29) is 5.56 Å². The molecular formula is C12H13F3N4S. The second-order valence-electron chi connectivity index (χ2n) is 4.18. The zero-order valence-electron chi connectivity index (χ0n) is 10.7. The number of pyridine rings is 1. The summed E-state index contributed by atoms with van der Waals surface area (Å²) in [7, 11) is 0. The number of nitrogens with zero attached hydrogens (tertiary/aromatic N) is 3. The van der Waals surface area contributed by atoms with E-state index in [1.807, 2.05) is 6.92 Å². The van der Waals surface area contributed by atoms with Gasteiger partial charge in [-0.2, -0.15) is 21.9 Å². The molecule has 0 saturated heterocycles. The smallest absolute Gasteiger partial charge is 0.305 e. The lowest BCUT2D eigenvalue weighted by Crippen LogP contribution is -2.26. The Morgan fingerprint density at radius 3 is 2.75 bits per heavy atom. The van der Waals surface area contributed by atoms with E-state index in [4.69, 9.17) is 0 Å². The highest BCUT2D eigenvalue weighted by atomic mass is 32.1. The fraction of sp³-hybridized carbons (Fsp3) is 0.417. The van der Waals surface area contributed by atoms with Gasteiger partial charge in [0.2, 0.25) is 0 Å². The Kier molecular flexibility index (Phi) is 4.66. The summed E-state index contributed by atoms with van der Waals surface area (Å²) in [5.74, 6) is 0. The van der Waals surface area contributed by atoms with Gasteiger partial charge in [0.1, 0.15) is 0 Å². The molecule has 8 heteroatoms. The van der Waals surface area contributed by atoms with Gasteiger partial charge in [0.25, 0.3) is 0 Å². The molecule has 20 heavy (non-hydrogen) atoms. The molecule has 0 saturated carbocycles. The van der Waals surface area contributed by atoms with Crippen molar-refractivity contribution in [1.29, 1.82) is 0 Å². The van der Waals surface area contributed by atoms with E-state index in [2.05, 4.69) is 19.0 Å². The predicted molar refractivity (Wildman–Crippen MR) is 69.3 cm³/mol. The number of hydrogen-bond acceptors (Lipinski definition) is 5. The van der Waals surface area contributed by atoms with Crippen LogP contribution in [0.25, 0.3) is 0 Å². The lowest BCUT2D eigenvalue weighted by molar-refractivity contribution is -0.138. The monoisotopic (exact) mass is 302 g/mol. The Balaban J connectivity index is 2.44. The summed E-state index contributed by atoms with van der Waals surface area (Å²) in [6, 6.07) is 0.328. The first-order chi connectivity index (χ1) is 9.54. The van der Waals surface area contributed by atoms with Crippen LogP contribution in [0.5, 0.6) is 0 Å². The molecule has 1 unspecified atom stereocenters. The number of halogens is 3. The molecule has 0 fully saturated rings. The maximum atomic E-state index is 13.1. The van der Waals surface area contributed by atoms with Gasteiger partial charge in [0, 0.05) is 18.0 Å². The van der Waals surface area contributed by atoms with Gasteiger partial charge in [-0.15, -0.1) is 0 Å². The standard InChI is InChI=1S/C12H13F3N4S/c1-2-4-17-11(10-7-18-20-19-10)8-6-16-5-3-9(8)12(13,14)15/h3,5-7,11,17H,2,4H2,1H3. The summed E-state index contributed by atoms with van der Waals surface area (Å²) >= 11 is 0.968. The summed E-state index contributed by atoms with van der Waals surface area (Å²) in [6.07, 6.45) is 0.229. The summed E-state index contributed by atoms with van der Waals surface area (Å²) in [5, 5.41) is 3.06. The summed E-state index contributed by atoms with van der Waals surface area (Å²) in [4.78, 5) is 3.81. The number of nitrogens with one attached hydrogen (secondary N) is 1. The zero-order valence-corrected chi connectivity index (χ0v) is 11.5. The molecule has 4 nitrogen and oxygen atoms in total. The largest absolute Gasteiger partial charge is 0.416 e. The van der Waals surface area contributed by atoms with Gasteiger partial charge in [-0.05, 0) is 19.0 Å². The van der Waals surface area contributed by atoms with Crippen molar-refractivity contribution in [2.45, 2.75) is 25.6 Å². The molecule has 0 aliphatic rings. The van der Waals surface area contributed by atoms with Gasteiger partial charge in [-0.1, -0.05) is 6.92 Å². The van der Waals surface area contributed by atoms with E-state index in [9.17, 15) is 13.2 Å². The molecule has 1 N–H and O–H groups in total. The maximum Gasteiger partial charge on any atom is 0.416 e. The Labute approximate surface area is 118 Å². The topological polar surface area (TPSA) is 50.7 Å². The average molecular weight is 302 g/mol. The molecule has 0 aromatic carbocycles. The number of rotatable bonds is 5. The molecule has 2 heterocycles. The predicted octanol–water partition coefficient (Wildman–Crippen LogP) is 3.04. The van der Waals surface area contributed by atoms with Crippen LogP contribution in [0.2, 0.25) is 0 Å². The molecule has 0 aliphatic heterocycles. The van der Waals surface area contributed by atoms with Gasteiger partial charge in [-0.25, -0.2) is 0 Å². The van der Waals surface area contributed by atoms with Gasteiger partial charge >= 0.3 is 6.18 Å². The highest BCUT2D eigenvalue weighted by molar-refractivity contribution is 6.99.